The summed E-state index contributed by atoms with van der Waals surface area (Å²) in [5.41, 5.74) is 14.6. The van der Waals surface area contributed by atoms with Gasteiger partial charge in [0.1, 0.15) is 0 Å². The van der Waals surface area contributed by atoms with E-state index in [0.717, 1.165) is 22.2 Å². The number of hydrogen-bond donors (Lipinski definition) is 0. The van der Waals surface area contributed by atoms with Crippen molar-refractivity contribution in [3.8, 4) is 39.2 Å². The zero-order valence-corrected chi connectivity index (χ0v) is 26.9. The summed E-state index contributed by atoms with van der Waals surface area (Å²) in [6, 6.07) is 57.5. The molecule has 48 heavy (non-hydrogen) atoms. The fourth-order valence-electron chi connectivity index (χ4n) is 8.20. The molecule has 0 spiro atoms. The molecule has 1 aliphatic carbocycles. The van der Waals surface area contributed by atoms with Crippen LogP contribution in [0.4, 0.5) is 0 Å². The lowest BCUT2D eigenvalue weighted by molar-refractivity contribution is 0.661. The summed E-state index contributed by atoms with van der Waals surface area (Å²) in [7, 11) is 0. The first-order chi connectivity index (χ1) is 23.6. The number of benzene rings is 7. The largest absolute Gasteiger partial charge is 0.309 e. The van der Waals surface area contributed by atoms with Crippen molar-refractivity contribution >= 4 is 43.5 Å². The van der Waals surface area contributed by atoms with Crippen molar-refractivity contribution in [3.05, 3.63) is 169 Å². The smallest absolute Gasteiger partial charge is 0.0788 e. The molecule has 2 heterocycles. The SMILES string of the molecule is CC1(C)c2ccccc2-c2cc3c4cc(-c5nc6ccc(-c7ccccc7)cc6c6ccccc56)ccc4n(-c4ccccc4)c3cc21. The van der Waals surface area contributed by atoms with E-state index in [2.05, 4.69) is 176 Å². The van der Waals surface area contributed by atoms with E-state index in [1.807, 2.05) is 0 Å². The van der Waals surface area contributed by atoms with Crippen LogP contribution in [0.5, 0.6) is 0 Å². The highest BCUT2D eigenvalue weighted by Crippen LogP contribution is 2.51. The van der Waals surface area contributed by atoms with Gasteiger partial charge in [0.15, 0.2) is 0 Å². The van der Waals surface area contributed by atoms with E-state index in [9.17, 15) is 0 Å². The molecule has 0 saturated heterocycles. The molecule has 0 radical (unpaired) electrons. The number of hydrogen-bond acceptors (Lipinski definition) is 1. The fourth-order valence-corrected chi connectivity index (χ4v) is 8.20. The standard InChI is InChI=1S/C46H32N2/c1-46(2)40-20-12-11-18-34(40)36-27-39-38-26-31(22-24-43(38)48(44(39)28-41(36)46)32-15-7-4-8-16-32)45-35-19-10-9-17-33(35)37-25-30(21-23-42(37)47-45)29-13-5-3-6-14-29/h3-28H,1-2H3. The minimum Gasteiger partial charge on any atom is -0.309 e. The zero-order chi connectivity index (χ0) is 32.0. The summed E-state index contributed by atoms with van der Waals surface area (Å²) in [5, 5.41) is 6.06. The van der Waals surface area contributed by atoms with Gasteiger partial charge in [0, 0.05) is 38.2 Å². The second kappa shape index (κ2) is 10.0. The summed E-state index contributed by atoms with van der Waals surface area (Å²) in [6.07, 6.45) is 0. The molecule has 2 nitrogen and oxygen atoms in total. The van der Waals surface area contributed by atoms with E-state index in [4.69, 9.17) is 4.98 Å². The van der Waals surface area contributed by atoms with Crippen LogP contribution in [0.1, 0.15) is 25.0 Å². The molecular formula is C46H32N2. The lowest BCUT2D eigenvalue weighted by atomic mass is 9.82. The lowest BCUT2D eigenvalue weighted by Crippen LogP contribution is -2.14. The number of aromatic nitrogens is 2. The highest BCUT2D eigenvalue weighted by molar-refractivity contribution is 6.15. The molecule has 2 aromatic heterocycles. The predicted molar refractivity (Wildman–Crippen MR) is 202 cm³/mol. The van der Waals surface area contributed by atoms with Crippen LogP contribution < -0.4 is 0 Å². The monoisotopic (exact) mass is 612 g/mol. The highest BCUT2D eigenvalue weighted by atomic mass is 15.0. The topological polar surface area (TPSA) is 17.8 Å². The van der Waals surface area contributed by atoms with Gasteiger partial charge in [-0.3, -0.25) is 0 Å². The van der Waals surface area contributed by atoms with Crippen LogP contribution in [0, 0.1) is 0 Å². The molecule has 0 aliphatic heterocycles. The van der Waals surface area contributed by atoms with Gasteiger partial charge in [-0.25, -0.2) is 4.98 Å². The molecular weight excluding hydrogens is 581 g/mol. The van der Waals surface area contributed by atoms with Crippen molar-refractivity contribution in [2.24, 2.45) is 0 Å². The van der Waals surface area contributed by atoms with E-state index in [1.54, 1.807) is 0 Å². The average molecular weight is 613 g/mol. The van der Waals surface area contributed by atoms with Gasteiger partial charge in [-0.05, 0) is 87.3 Å². The maximum absolute atomic E-state index is 5.36. The Balaban J connectivity index is 1.25. The Morgan fingerprint density at radius 2 is 1.10 bits per heavy atom. The van der Waals surface area contributed by atoms with Crippen molar-refractivity contribution in [2.75, 3.05) is 0 Å². The van der Waals surface area contributed by atoms with Crippen molar-refractivity contribution in [1.82, 2.24) is 9.55 Å². The average Bonchev–Trinajstić information content (AvgIpc) is 3.58. The molecule has 0 bridgehead atoms. The van der Waals surface area contributed by atoms with Gasteiger partial charge in [-0.2, -0.15) is 0 Å². The Hall–Kier alpha value is -5.99. The molecule has 0 N–H and O–H groups in total. The van der Waals surface area contributed by atoms with Gasteiger partial charge in [-0.15, -0.1) is 0 Å². The summed E-state index contributed by atoms with van der Waals surface area (Å²) in [4.78, 5) is 5.36. The summed E-state index contributed by atoms with van der Waals surface area (Å²) in [5.74, 6) is 0. The second-order valence-electron chi connectivity index (χ2n) is 13.6. The molecule has 2 heteroatoms. The molecule has 0 atom stereocenters. The number of para-hydroxylation sites is 1. The zero-order valence-electron chi connectivity index (χ0n) is 26.9. The van der Waals surface area contributed by atoms with Gasteiger partial charge in [0.2, 0.25) is 0 Å². The minimum atomic E-state index is -0.0719. The van der Waals surface area contributed by atoms with Crippen LogP contribution in [-0.4, -0.2) is 9.55 Å². The maximum Gasteiger partial charge on any atom is 0.0788 e. The third kappa shape index (κ3) is 3.83. The highest BCUT2D eigenvalue weighted by Gasteiger charge is 2.36. The van der Waals surface area contributed by atoms with Gasteiger partial charge in [-0.1, -0.05) is 123 Å². The molecule has 0 amide bonds. The molecule has 7 aromatic carbocycles. The van der Waals surface area contributed by atoms with Crippen molar-refractivity contribution in [3.63, 3.8) is 0 Å². The van der Waals surface area contributed by atoms with Crippen LogP contribution in [0.2, 0.25) is 0 Å². The lowest BCUT2D eigenvalue weighted by Gasteiger charge is -2.21. The summed E-state index contributed by atoms with van der Waals surface area (Å²) in [6.45, 7) is 4.72. The van der Waals surface area contributed by atoms with E-state index >= 15 is 0 Å². The van der Waals surface area contributed by atoms with Gasteiger partial charge < -0.3 is 4.57 Å². The molecule has 10 rings (SSSR count). The Labute approximate surface area is 279 Å². The quantitative estimate of drug-likeness (QED) is 0.182. The number of nitrogens with zero attached hydrogens (tertiary/aromatic N) is 2. The summed E-state index contributed by atoms with van der Waals surface area (Å²) < 4.78 is 2.44. The third-order valence-corrected chi connectivity index (χ3v) is 10.6. The van der Waals surface area contributed by atoms with Crippen LogP contribution >= 0.6 is 0 Å². The first-order valence-electron chi connectivity index (χ1n) is 16.7. The Morgan fingerprint density at radius 3 is 1.94 bits per heavy atom. The molecule has 0 saturated carbocycles. The first-order valence-corrected chi connectivity index (χ1v) is 16.7. The number of rotatable bonds is 3. The Bertz CT molecular complexity index is 2730. The molecule has 0 fully saturated rings. The van der Waals surface area contributed by atoms with E-state index in [1.165, 1.54) is 71.6 Å². The van der Waals surface area contributed by atoms with Crippen molar-refractivity contribution in [1.29, 1.82) is 0 Å². The van der Waals surface area contributed by atoms with Gasteiger partial charge in [0.05, 0.1) is 22.2 Å². The van der Waals surface area contributed by atoms with Crippen molar-refractivity contribution < 1.29 is 0 Å². The fraction of sp³-hybridized carbons (Fsp3) is 0.0652. The third-order valence-electron chi connectivity index (χ3n) is 10.6. The molecule has 226 valence electrons. The first kappa shape index (κ1) is 27.2. The second-order valence-corrected chi connectivity index (χ2v) is 13.6. The van der Waals surface area contributed by atoms with Gasteiger partial charge in [0.25, 0.3) is 0 Å². The predicted octanol–water partition coefficient (Wildman–Crippen LogP) is 12.1. The Kier molecular flexibility index (Phi) is 5.66. The van der Waals surface area contributed by atoms with Crippen LogP contribution in [0.15, 0.2) is 158 Å². The molecule has 0 unspecified atom stereocenters. The van der Waals surface area contributed by atoms with Crippen LogP contribution in [0.25, 0.3) is 82.7 Å². The van der Waals surface area contributed by atoms with E-state index < -0.39 is 0 Å². The Morgan fingerprint density at radius 1 is 0.438 bits per heavy atom. The van der Waals surface area contributed by atoms with Crippen LogP contribution in [0.3, 0.4) is 0 Å². The van der Waals surface area contributed by atoms with E-state index in [0.29, 0.717) is 0 Å². The van der Waals surface area contributed by atoms with Crippen molar-refractivity contribution in [2.45, 2.75) is 19.3 Å². The number of fused-ring (bicyclic) bond motifs is 9. The molecule has 9 aromatic rings. The van der Waals surface area contributed by atoms with Crippen LogP contribution in [-0.2, 0) is 5.41 Å². The normalized spacial score (nSPS) is 13.4. The van der Waals surface area contributed by atoms with E-state index in [-0.39, 0.29) is 5.41 Å². The van der Waals surface area contributed by atoms with Gasteiger partial charge >= 0.3 is 0 Å². The number of pyridine rings is 1. The molecule has 1 aliphatic rings. The summed E-state index contributed by atoms with van der Waals surface area (Å²) >= 11 is 0. The minimum absolute atomic E-state index is 0.0719. The maximum atomic E-state index is 5.36.